The fraction of sp³-hybridized carbons (Fsp3) is 0.412. The molecule has 0 bridgehead atoms. The van der Waals surface area contributed by atoms with Crippen molar-refractivity contribution in [3.8, 4) is 10.6 Å². The quantitative estimate of drug-likeness (QED) is 0.874. The number of carbonyl (C=O) groups is 1. The van der Waals surface area contributed by atoms with E-state index in [9.17, 15) is 4.79 Å². The first-order chi connectivity index (χ1) is 10.6. The molecule has 3 rings (SSSR count). The summed E-state index contributed by atoms with van der Waals surface area (Å²) < 4.78 is 5.47. The highest BCUT2D eigenvalue weighted by Gasteiger charge is 2.34. The van der Waals surface area contributed by atoms with E-state index in [-0.39, 0.29) is 11.4 Å². The summed E-state index contributed by atoms with van der Waals surface area (Å²) in [7, 11) is 0. The molecule has 1 aromatic heterocycles. The van der Waals surface area contributed by atoms with Gasteiger partial charge in [0.15, 0.2) is 0 Å². The van der Waals surface area contributed by atoms with Gasteiger partial charge < -0.3 is 9.64 Å². The smallest absolute Gasteiger partial charge is 0.229 e. The zero-order chi connectivity index (χ0) is 15.6. The van der Waals surface area contributed by atoms with E-state index in [0.717, 1.165) is 16.3 Å². The maximum Gasteiger partial charge on any atom is 0.229 e. The lowest BCUT2D eigenvalue weighted by Crippen LogP contribution is -2.55. The second-order valence-electron chi connectivity index (χ2n) is 6.10. The van der Waals surface area contributed by atoms with Crippen molar-refractivity contribution < 1.29 is 9.53 Å². The number of aromatic nitrogens is 1. The zero-order valence-corrected chi connectivity index (χ0v) is 13.7. The Balaban J connectivity index is 1.71. The topological polar surface area (TPSA) is 42.4 Å². The third kappa shape index (κ3) is 3.20. The van der Waals surface area contributed by atoms with Crippen molar-refractivity contribution >= 4 is 17.2 Å². The minimum Gasteiger partial charge on any atom is -0.377 e. The Morgan fingerprint density at radius 1 is 1.36 bits per heavy atom. The molecule has 1 aliphatic heterocycles. The van der Waals surface area contributed by atoms with Crippen LogP contribution in [0.25, 0.3) is 10.6 Å². The average Bonchev–Trinajstić information content (AvgIpc) is 2.96. The normalized spacial score (nSPS) is 17.5. The van der Waals surface area contributed by atoms with Gasteiger partial charge in [-0.1, -0.05) is 30.3 Å². The summed E-state index contributed by atoms with van der Waals surface area (Å²) in [5.74, 6) is 0.123. The van der Waals surface area contributed by atoms with Crippen LogP contribution in [0, 0.1) is 0 Å². The third-order valence-corrected chi connectivity index (χ3v) is 4.79. The molecule has 2 aromatic rings. The molecule has 1 saturated heterocycles. The SMILES string of the molecule is CC1(C)COCCN1C(=O)Cc1csc(-c2ccccc2)n1. The van der Waals surface area contributed by atoms with Gasteiger partial charge in [-0.2, -0.15) is 0 Å². The summed E-state index contributed by atoms with van der Waals surface area (Å²) in [5.41, 5.74) is 1.70. The highest BCUT2D eigenvalue weighted by Crippen LogP contribution is 2.25. The Morgan fingerprint density at radius 2 is 2.14 bits per heavy atom. The van der Waals surface area contributed by atoms with E-state index >= 15 is 0 Å². The van der Waals surface area contributed by atoms with Gasteiger partial charge in [0.1, 0.15) is 5.01 Å². The minimum atomic E-state index is -0.242. The van der Waals surface area contributed by atoms with Crippen LogP contribution in [0.15, 0.2) is 35.7 Å². The highest BCUT2D eigenvalue weighted by atomic mass is 32.1. The van der Waals surface area contributed by atoms with Crippen LogP contribution in [-0.2, 0) is 16.0 Å². The van der Waals surface area contributed by atoms with Crippen LogP contribution in [0.1, 0.15) is 19.5 Å². The Hall–Kier alpha value is -1.72. The number of rotatable bonds is 3. The number of thiazole rings is 1. The van der Waals surface area contributed by atoms with Crippen molar-refractivity contribution in [3.63, 3.8) is 0 Å². The lowest BCUT2D eigenvalue weighted by Gasteiger charge is -2.42. The third-order valence-electron chi connectivity index (χ3n) is 3.85. The number of nitrogens with zero attached hydrogens (tertiary/aromatic N) is 2. The molecule has 0 spiro atoms. The standard InChI is InChI=1S/C17H20N2O2S/c1-17(2)12-21-9-8-19(17)15(20)10-14-11-22-16(18-14)13-6-4-3-5-7-13/h3-7,11H,8-10,12H2,1-2H3. The molecule has 4 nitrogen and oxygen atoms in total. The maximum absolute atomic E-state index is 12.6. The summed E-state index contributed by atoms with van der Waals surface area (Å²) in [6, 6.07) is 10.1. The van der Waals surface area contributed by atoms with Crippen molar-refractivity contribution in [1.82, 2.24) is 9.88 Å². The number of benzene rings is 1. The molecular weight excluding hydrogens is 296 g/mol. The Kier molecular flexibility index (Phi) is 4.27. The van der Waals surface area contributed by atoms with E-state index in [2.05, 4.69) is 4.98 Å². The second-order valence-corrected chi connectivity index (χ2v) is 6.96. The number of amides is 1. The fourth-order valence-electron chi connectivity index (χ4n) is 2.67. The van der Waals surface area contributed by atoms with E-state index in [1.165, 1.54) is 0 Å². The zero-order valence-electron chi connectivity index (χ0n) is 12.9. The maximum atomic E-state index is 12.6. The van der Waals surface area contributed by atoms with Crippen LogP contribution in [-0.4, -0.2) is 41.1 Å². The lowest BCUT2D eigenvalue weighted by molar-refractivity contribution is -0.145. The van der Waals surface area contributed by atoms with E-state index in [0.29, 0.717) is 26.2 Å². The molecule has 116 valence electrons. The largest absolute Gasteiger partial charge is 0.377 e. The van der Waals surface area contributed by atoms with Gasteiger partial charge in [-0.05, 0) is 13.8 Å². The van der Waals surface area contributed by atoms with Gasteiger partial charge in [-0.3, -0.25) is 4.79 Å². The Labute approximate surface area is 134 Å². The molecule has 2 heterocycles. The first kappa shape index (κ1) is 15.2. The number of hydrogen-bond acceptors (Lipinski definition) is 4. The summed E-state index contributed by atoms with van der Waals surface area (Å²) in [5, 5.41) is 2.94. The number of carbonyl (C=O) groups excluding carboxylic acids is 1. The van der Waals surface area contributed by atoms with Gasteiger partial charge in [0.2, 0.25) is 5.91 Å². The van der Waals surface area contributed by atoms with Crippen molar-refractivity contribution in [2.75, 3.05) is 19.8 Å². The molecule has 0 saturated carbocycles. The molecule has 0 aliphatic carbocycles. The molecule has 22 heavy (non-hydrogen) atoms. The van der Waals surface area contributed by atoms with Crippen molar-refractivity contribution in [2.24, 2.45) is 0 Å². The number of morpholine rings is 1. The Bertz CT molecular complexity index is 652. The molecular formula is C17H20N2O2S. The number of hydrogen-bond donors (Lipinski definition) is 0. The fourth-order valence-corrected chi connectivity index (χ4v) is 3.50. The minimum absolute atomic E-state index is 0.123. The molecule has 1 aliphatic rings. The van der Waals surface area contributed by atoms with Crippen molar-refractivity contribution in [2.45, 2.75) is 25.8 Å². The van der Waals surface area contributed by atoms with E-state index in [1.54, 1.807) is 11.3 Å². The Morgan fingerprint density at radius 3 is 2.86 bits per heavy atom. The highest BCUT2D eigenvalue weighted by molar-refractivity contribution is 7.13. The van der Waals surface area contributed by atoms with Crippen LogP contribution < -0.4 is 0 Å². The predicted octanol–water partition coefficient (Wildman–Crippen LogP) is 2.99. The van der Waals surface area contributed by atoms with Crippen LogP contribution in [0.3, 0.4) is 0 Å². The molecule has 0 unspecified atom stereocenters. The van der Waals surface area contributed by atoms with Gasteiger partial charge in [-0.25, -0.2) is 4.98 Å². The molecule has 0 radical (unpaired) electrons. The lowest BCUT2D eigenvalue weighted by atomic mass is 10.0. The average molecular weight is 316 g/mol. The van der Waals surface area contributed by atoms with Gasteiger partial charge in [0.25, 0.3) is 0 Å². The molecule has 1 amide bonds. The van der Waals surface area contributed by atoms with Gasteiger partial charge in [0.05, 0.1) is 30.9 Å². The molecule has 0 atom stereocenters. The van der Waals surface area contributed by atoms with E-state index in [4.69, 9.17) is 4.74 Å². The van der Waals surface area contributed by atoms with Crippen molar-refractivity contribution in [3.05, 3.63) is 41.4 Å². The summed E-state index contributed by atoms with van der Waals surface area (Å²) in [4.78, 5) is 19.1. The molecule has 1 aromatic carbocycles. The second kappa shape index (κ2) is 6.18. The van der Waals surface area contributed by atoms with E-state index in [1.807, 2.05) is 54.5 Å². The van der Waals surface area contributed by atoms with Crippen LogP contribution >= 0.6 is 11.3 Å². The molecule has 0 N–H and O–H groups in total. The first-order valence-corrected chi connectivity index (χ1v) is 8.32. The summed E-state index contributed by atoms with van der Waals surface area (Å²) in [6.45, 7) is 5.94. The van der Waals surface area contributed by atoms with Gasteiger partial charge >= 0.3 is 0 Å². The van der Waals surface area contributed by atoms with Crippen LogP contribution in [0.4, 0.5) is 0 Å². The van der Waals surface area contributed by atoms with Crippen LogP contribution in [0.5, 0.6) is 0 Å². The molecule has 5 heteroatoms. The first-order valence-electron chi connectivity index (χ1n) is 7.44. The van der Waals surface area contributed by atoms with Gasteiger partial charge in [-0.15, -0.1) is 11.3 Å². The van der Waals surface area contributed by atoms with Crippen LogP contribution in [0.2, 0.25) is 0 Å². The predicted molar refractivity (Wildman–Crippen MR) is 87.9 cm³/mol. The summed E-state index contributed by atoms with van der Waals surface area (Å²) >= 11 is 1.58. The number of ether oxygens (including phenoxy) is 1. The molecule has 1 fully saturated rings. The summed E-state index contributed by atoms with van der Waals surface area (Å²) in [6.07, 6.45) is 0.354. The monoisotopic (exact) mass is 316 g/mol. The van der Waals surface area contributed by atoms with Gasteiger partial charge in [0, 0.05) is 17.5 Å². The van der Waals surface area contributed by atoms with E-state index < -0.39 is 0 Å². The van der Waals surface area contributed by atoms with Crippen molar-refractivity contribution in [1.29, 1.82) is 0 Å².